The van der Waals surface area contributed by atoms with Gasteiger partial charge in [0.25, 0.3) is 0 Å². The van der Waals surface area contributed by atoms with Crippen LogP contribution in [0.5, 0.6) is 0 Å². The van der Waals surface area contributed by atoms with E-state index in [0.29, 0.717) is 5.92 Å². The fourth-order valence-corrected chi connectivity index (χ4v) is 1.76. The summed E-state index contributed by atoms with van der Waals surface area (Å²) in [6.07, 6.45) is 4.41. The van der Waals surface area contributed by atoms with Gasteiger partial charge in [-0.3, -0.25) is 0 Å². The third kappa shape index (κ3) is 1.93. The molecule has 0 amide bonds. The molecule has 1 unspecified atom stereocenters. The highest BCUT2D eigenvalue weighted by Crippen LogP contribution is 2.29. The Bertz CT molecular complexity index is 315. The van der Waals surface area contributed by atoms with Crippen molar-refractivity contribution in [2.75, 3.05) is 0 Å². The summed E-state index contributed by atoms with van der Waals surface area (Å²) in [7, 11) is 0. The van der Waals surface area contributed by atoms with Gasteiger partial charge in [-0.2, -0.15) is 0 Å². The minimum Gasteiger partial charge on any atom is -0.389 e. The smallest absolute Gasteiger partial charge is 0.0729 e. The van der Waals surface area contributed by atoms with Crippen molar-refractivity contribution in [2.45, 2.75) is 18.4 Å². The van der Waals surface area contributed by atoms with E-state index >= 15 is 0 Å². The van der Waals surface area contributed by atoms with Crippen molar-refractivity contribution in [2.24, 2.45) is 0 Å². The molecule has 0 radical (unpaired) electrons. The Morgan fingerprint density at radius 3 is 2.38 bits per heavy atom. The largest absolute Gasteiger partial charge is 0.389 e. The second kappa shape index (κ2) is 3.52. The molecule has 68 valence electrons. The van der Waals surface area contributed by atoms with Crippen LogP contribution in [0, 0.1) is 0 Å². The molecule has 0 spiro atoms. The van der Waals surface area contributed by atoms with E-state index in [9.17, 15) is 5.11 Å². The van der Waals surface area contributed by atoms with Gasteiger partial charge in [0.1, 0.15) is 0 Å². The van der Waals surface area contributed by atoms with E-state index < -0.39 is 0 Å². The van der Waals surface area contributed by atoms with Crippen LogP contribution in [0.4, 0.5) is 0 Å². The third-order valence-corrected chi connectivity index (χ3v) is 2.61. The first-order valence-electron chi connectivity index (χ1n) is 4.37. The fourth-order valence-electron chi connectivity index (χ4n) is 1.64. The molecule has 0 aromatic heterocycles. The second-order valence-corrected chi connectivity index (χ2v) is 3.78. The van der Waals surface area contributed by atoms with Crippen LogP contribution in [0.3, 0.4) is 0 Å². The van der Waals surface area contributed by atoms with E-state index in [1.54, 1.807) is 0 Å². The summed E-state index contributed by atoms with van der Waals surface area (Å²) in [4.78, 5) is 0. The minimum atomic E-state index is -0.277. The van der Waals surface area contributed by atoms with Gasteiger partial charge in [-0.25, -0.2) is 0 Å². The Labute approximate surface area is 82.7 Å². The van der Waals surface area contributed by atoms with E-state index in [1.807, 2.05) is 36.4 Å². The Balaban J connectivity index is 2.18. The van der Waals surface area contributed by atoms with Gasteiger partial charge in [0.05, 0.1) is 6.10 Å². The lowest BCUT2D eigenvalue weighted by Gasteiger charge is -2.08. The number of hydrogen-bond donors (Lipinski definition) is 1. The van der Waals surface area contributed by atoms with E-state index in [2.05, 4.69) is 0 Å². The van der Waals surface area contributed by atoms with Crippen molar-refractivity contribution in [1.29, 1.82) is 0 Å². The summed E-state index contributed by atoms with van der Waals surface area (Å²) in [5, 5.41) is 10.1. The van der Waals surface area contributed by atoms with E-state index in [-0.39, 0.29) is 6.10 Å². The summed E-state index contributed by atoms with van der Waals surface area (Å²) in [6.45, 7) is 0. The maximum absolute atomic E-state index is 9.30. The van der Waals surface area contributed by atoms with Crippen molar-refractivity contribution in [3.05, 3.63) is 47.0 Å². The standard InChI is InChI=1S/C11H11ClO/c12-10-4-1-8(2-5-10)9-3-6-11(13)7-9/h1-6,9,11,13H,7H2/t9-,11?/m1/s1. The van der Waals surface area contributed by atoms with Crippen LogP contribution < -0.4 is 0 Å². The molecular formula is C11H11ClO. The van der Waals surface area contributed by atoms with E-state index in [0.717, 1.165) is 11.4 Å². The molecule has 1 aliphatic rings. The van der Waals surface area contributed by atoms with Crippen LogP contribution in [0.25, 0.3) is 0 Å². The molecule has 1 aromatic carbocycles. The molecular weight excluding hydrogens is 184 g/mol. The molecule has 0 saturated carbocycles. The zero-order chi connectivity index (χ0) is 9.26. The number of aliphatic hydroxyl groups is 1. The van der Waals surface area contributed by atoms with Gasteiger partial charge in [0.2, 0.25) is 0 Å². The zero-order valence-corrected chi connectivity index (χ0v) is 7.91. The molecule has 2 atom stereocenters. The molecule has 1 nitrogen and oxygen atoms in total. The first-order valence-corrected chi connectivity index (χ1v) is 4.75. The van der Waals surface area contributed by atoms with Gasteiger partial charge in [-0.1, -0.05) is 35.9 Å². The minimum absolute atomic E-state index is 0.277. The van der Waals surface area contributed by atoms with Crippen molar-refractivity contribution in [3.8, 4) is 0 Å². The third-order valence-electron chi connectivity index (χ3n) is 2.36. The number of aliphatic hydroxyl groups excluding tert-OH is 1. The quantitative estimate of drug-likeness (QED) is 0.682. The lowest BCUT2D eigenvalue weighted by Crippen LogP contribution is -2.00. The normalized spacial score (nSPS) is 26.6. The van der Waals surface area contributed by atoms with E-state index in [4.69, 9.17) is 11.6 Å². The van der Waals surface area contributed by atoms with Crippen molar-refractivity contribution in [3.63, 3.8) is 0 Å². The molecule has 0 aliphatic heterocycles. The lowest BCUT2D eigenvalue weighted by atomic mass is 9.98. The molecule has 1 aliphatic carbocycles. The monoisotopic (exact) mass is 194 g/mol. The topological polar surface area (TPSA) is 20.2 Å². The summed E-state index contributed by atoms with van der Waals surface area (Å²) in [5.41, 5.74) is 1.22. The Kier molecular flexibility index (Phi) is 2.38. The SMILES string of the molecule is OC1C=C[C@@H](c2ccc(Cl)cc2)C1. The Morgan fingerprint density at radius 2 is 1.85 bits per heavy atom. The summed E-state index contributed by atoms with van der Waals surface area (Å²) in [5.74, 6) is 0.354. The highest BCUT2D eigenvalue weighted by molar-refractivity contribution is 6.30. The van der Waals surface area contributed by atoms with Gasteiger partial charge >= 0.3 is 0 Å². The number of hydrogen-bond acceptors (Lipinski definition) is 1. The highest BCUT2D eigenvalue weighted by atomic mass is 35.5. The van der Waals surface area contributed by atoms with Crippen molar-refractivity contribution in [1.82, 2.24) is 0 Å². The Hall–Kier alpha value is -0.790. The van der Waals surface area contributed by atoms with Crippen molar-refractivity contribution < 1.29 is 5.11 Å². The first-order chi connectivity index (χ1) is 6.25. The summed E-state index contributed by atoms with van der Waals surface area (Å²) >= 11 is 5.78. The number of benzene rings is 1. The average Bonchev–Trinajstić information content (AvgIpc) is 2.53. The number of rotatable bonds is 1. The molecule has 0 bridgehead atoms. The molecule has 1 aromatic rings. The van der Waals surface area contributed by atoms with E-state index in [1.165, 1.54) is 5.56 Å². The second-order valence-electron chi connectivity index (χ2n) is 3.35. The van der Waals surface area contributed by atoms with Crippen LogP contribution in [0.2, 0.25) is 5.02 Å². The molecule has 2 rings (SSSR count). The summed E-state index contributed by atoms with van der Waals surface area (Å²) < 4.78 is 0. The number of halogens is 1. The fraction of sp³-hybridized carbons (Fsp3) is 0.273. The van der Waals surface area contributed by atoms with Gasteiger partial charge in [0, 0.05) is 10.9 Å². The van der Waals surface area contributed by atoms with Gasteiger partial charge < -0.3 is 5.11 Å². The van der Waals surface area contributed by atoms with Crippen molar-refractivity contribution >= 4 is 11.6 Å². The summed E-state index contributed by atoms with van der Waals surface area (Å²) in [6, 6.07) is 7.79. The van der Waals surface area contributed by atoms with Crippen LogP contribution in [-0.4, -0.2) is 11.2 Å². The van der Waals surface area contributed by atoms with Crippen LogP contribution in [0.15, 0.2) is 36.4 Å². The van der Waals surface area contributed by atoms with Crippen LogP contribution in [0.1, 0.15) is 17.9 Å². The van der Waals surface area contributed by atoms with Crippen LogP contribution >= 0.6 is 11.6 Å². The molecule has 0 heterocycles. The molecule has 1 N–H and O–H groups in total. The average molecular weight is 195 g/mol. The van der Waals surface area contributed by atoms with Gasteiger partial charge in [0.15, 0.2) is 0 Å². The maximum atomic E-state index is 9.30. The Morgan fingerprint density at radius 1 is 1.15 bits per heavy atom. The van der Waals surface area contributed by atoms with Gasteiger partial charge in [-0.05, 0) is 24.1 Å². The predicted molar refractivity (Wildman–Crippen MR) is 54.0 cm³/mol. The highest BCUT2D eigenvalue weighted by Gasteiger charge is 2.17. The number of allylic oxidation sites excluding steroid dienone is 1. The van der Waals surface area contributed by atoms with Crippen LogP contribution in [-0.2, 0) is 0 Å². The predicted octanol–water partition coefficient (Wildman–Crippen LogP) is 2.74. The molecule has 2 heteroatoms. The molecule has 13 heavy (non-hydrogen) atoms. The molecule has 0 fully saturated rings. The van der Waals surface area contributed by atoms with Gasteiger partial charge in [-0.15, -0.1) is 0 Å². The lowest BCUT2D eigenvalue weighted by molar-refractivity contribution is 0.218. The first kappa shape index (κ1) is 8.79. The zero-order valence-electron chi connectivity index (χ0n) is 7.15. The molecule has 0 saturated heterocycles. The maximum Gasteiger partial charge on any atom is 0.0729 e.